The van der Waals surface area contributed by atoms with Gasteiger partial charge in [-0.2, -0.15) is 4.31 Å². The number of hydrogen-bond acceptors (Lipinski definition) is 4. The molecule has 20 heavy (non-hydrogen) atoms. The Morgan fingerprint density at radius 1 is 1.40 bits per heavy atom. The van der Waals surface area contributed by atoms with Gasteiger partial charge in [0.05, 0.1) is 11.5 Å². The third-order valence-corrected chi connectivity index (χ3v) is 5.44. The summed E-state index contributed by atoms with van der Waals surface area (Å²) in [5.74, 6) is 0.269. The molecule has 112 valence electrons. The first-order chi connectivity index (χ1) is 9.43. The van der Waals surface area contributed by atoms with Gasteiger partial charge in [0.2, 0.25) is 10.0 Å². The third kappa shape index (κ3) is 3.31. The number of hydrogen-bond donors (Lipinski definition) is 1. The second kappa shape index (κ2) is 6.11. The molecule has 1 unspecified atom stereocenters. The third-order valence-electron chi connectivity index (χ3n) is 3.60. The number of nitrogens with two attached hydrogens (primary N) is 1. The van der Waals surface area contributed by atoms with Crippen molar-refractivity contribution >= 4 is 15.7 Å². The molecule has 0 spiro atoms. The second-order valence-corrected chi connectivity index (χ2v) is 7.34. The molecule has 2 N–H and O–H groups in total. The molecule has 1 aliphatic heterocycles. The zero-order valence-corrected chi connectivity index (χ0v) is 12.8. The van der Waals surface area contributed by atoms with Gasteiger partial charge in [-0.25, -0.2) is 8.42 Å². The molecule has 0 amide bonds. The first-order valence-corrected chi connectivity index (χ1v) is 8.23. The Morgan fingerprint density at radius 2 is 2.15 bits per heavy atom. The van der Waals surface area contributed by atoms with E-state index in [-0.39, 0.29) is 10.8 Å². The molecule has 2 rings (SSSR count). The molecule has 1 aliphatic rings. The maximum Gasteiger partial charge on any atom is 0.243 e. The maximum atomic E-state index is 12.7. The summed E-state index contributed by atoms with van der Waals surface area (Å²) < 4.78 is 32.0. The van der Waals surface area contributed by atoms with Crippen LogP contribution in [0.1, 0.15) is 18.4 Å². The molecule has 1 aromatic rings. The average molecular weight is 298 g/mol. The summed E-state index contributed by atoms with van der Waals surface area (Å²) in [7, 11) is -1.81. The predicted octanol–water partition coefficient (Wildman–Crippen LogP) is 1.62. The topological polar surface area (TPSA) is 72.6 Å². The average Bonchev–Trinajstić information content (AvgIpc) is 2.38. The summed E-state index contributed by atoms with van der Waals surface area (Å²) in [4.78, 5) is 0.285. The number of sulfonamides is 1. The minimum atomic E-state index is -3.46. The molecule has 1 heterocycles. The predicted molar refractivity (Wildman–Crippen MR) is 79.0 cm³/mol. The van der Waals surface area contributed by atoms with Crippen molar-refractivity contribution in [1.29, 1.82) is 0 Å². The first-order valence-electron chi connectivity index (χ1n) is 6.79. The lowest BCUT2D eigenvalue weighted by Crippen LogP contribution is -2.41. The van der Waals surface area contributed by atoms with Crippen LogP contribution in [-0.2, 0) is 14.8 Å². The molecule has 1 saturated heterocycles. The lowest BCUT2D eigenvalue weighted by Gasteiger charge is -2.31. The summed E-state index contributed by atoms with van der Waals surface area (Å²) in [5, 5.41) is 0. The summed E-state index contributed by atoms with van der Waals surface area (Å²) in [6.45, 7) is 3.53. The van der Waals surface area contributed by atoms with E-state index in [1.165, 1.54) is 6.07 Å². The fraction of sp³-hybridized carbons (Fsp3) is 0.571. The first kappa shape index (κ1) is 15.3. The van der Waals surface area contributed by atoms with E-state index in [4.69, 9.17) is 10.5 Å². The summed E-state index contributed by atoms with van der Waals surface area (Å²) in [6.07, 6.45) is 1.88. The van der Waals surface area contributed by atoms with E-state index >= 15 is 0 Å². The van der Waals surface area contributed by atoms with E-state index in [2.05, 4.69) is 0 Å². The van der Waals surface area contributed by atoms with Crippen molar-refractivity contribution in [1.82, 2.24) is 4.31 Å². The van der Waals surface area contributed by atoms with Crippen molar-refractivity contribution in [2.75, 3.05) is 32.5 Å². The molecule has 1 aromatic carbocycles. The van der Waals surface area contributed by atoms with Gasteiger partial charge < -0.3 is 10.5 Å². The van der Waals surface area contributed by atoms with Crippen molar-refractivity contribution < 1.29 is 13.2 Å². The van der Waals surface area contributed by atoms with Gasteiger partial charge >= 0.3 is 0 Å². The van der Waals surface area contributed by atoms with E-state index < -0.39 is 10.0 Å². The van der Waals surface area contributed by atoms with Crippen LogP contribution >= 0.6 is 0 Å². The number of aryl methyl sites for hydroxylation is 1. The van der Waals surface area contributed by atoms with Crippen LogP contribution in [0.2, 0.25) is 0 Å². The molecule has 0 aliphatic carbocycles. The Morgan fingerprint density at radius 3 is 2.80 bits per heavy atom. The zero-order chi connectivity index (χ0) is 14.8. The SMILES string of the molecule is COCC1CCCN(S(=O)(=O)c2cc(C)cc(N)c2)C1. The van der Waals surface area contributed by atoms with Crippen LogP contribution < -0.4 is 5.73 Å². The van der Waals surface area contributed by atoms with Gasteiger partial charge in [-0.15, -0.1) is 0 Å². The molecule has 1 atom stereocenters. The van der Waals surface area contributed by atoms with Crippen LogP contribution in [0, 0.1) is 12.8 Å². The molecule has 5 nitrogen and oxygen atoms in total. The van der Waals surface area contributed by atoms with Crippen LogP contribution in [0.15, 0.2) is 23.1 Å². The Hall–Kier alpha value is -1.11. The maximum absolute atomic E-state index is 12.7. The number of benzene rings is 1. The van der Waals surface area contributed by atoms with E-state index in [0.29, 0.717) is 25.4 Å². The van der Waals surface area contributed by atoms with Crippen molar-refractivity contribution in [2.24, 2.45) is 5.92 Å². The smallest absolute Gasteiger partial charge is 0.243 e. The molecular formula is C14H22N2O3S. The number of piperidine rings is 1. The van der Waals surface area contributed by atoms with E-state index in [0.717, 1.165) is 18.4 Å². The molecule has 6 heteroatoms. The second-order valence-electron chi connectivity index (χ2n) is 5.41. The summed E-state index contributed by atoms with van der Waals surface area (Å²) in [5.41, 5.74) is 7.09. The van der Waals surface area contributed by atoms with Crippen molar-refractivity contribution in [3.63, 3.8) is 0 Å². The van der Waals surface area contributed by atoms with Gasteiger partial charge in [-0.3, -0.25) is 0 Å². The number of rotatable bonds is 4. The lowest BCUT2D eigenvalue weighted by molar-refractivity contribution is 0.118. The van der Waals surface area contributed by atoms with Crippen molar-refractivity contribution in [2.45, 2.75) is 24.7 Å². The Labute approximate surface area is 120 Å². The molecule has 0 saturated carbocycles. The molecule has 0 aromatic heterocycles. The lowest BCUT2D eigenvalue weighted by atomic mass is 10.0. The fourth-order valence-electron chi connectivity index (χ4n) is 2.69. The van der Waals surface area contributed by atoms with Crippen LogP contribution in [0.3, 0.4) is 0 Å². The van der Waals surface area contributed by atoms with Crippen LogP contribution in [0.4, 0.5) is 5.69 Å². The van der Waals surface area contributed by atoms with Crippen molar-refractivity contribution in [3.8, 4) is 0 Å². The van der Waals surface area contributed by atoms with Crippen LogP contribution in [0.5, 0.6) is 0 Å². The van der Waals surface area contributed by atoms with Crippen molar-refractivity contribution in [3.05, 3.63) is 23.8 Å². The van der Waals surface area contributed by atoms with Gasteiger partial charge in [0.25, 0.3) is 0 Å². The number of methoxy groups -OCH3 is 1. The summed E-state index contributed by atoms with van der Waals surface area (Å²) >= 11 is 0. The fourth-order valence-corrected chi connectivity index (χ4v) is 4.39. The molecular weight excluding hydrogens is 276 g/mol. The van der Waals surface area contributed by atoms with E-state index in [1.807, 2.05) is 6.92 Å². The normalized spacial score (nSPS) is 21.0. The van der Waals surface area contributed by atoms with Gasteiger partial charge in [0.1, 0.15) is 0 Å². The van der Waals surface area contributed by atoms with E-state index in [9.17, 15) is 8.42 Å². The quantitative estimate of drug-likeness (QED) is 0.857. The highest BCUT2D eigenvalue weighted by molar-refractivity contribution is 7.89. The number of nitrogens with zero attached hydrogens (tertiary/aromatic N) is 1. The van der Waals surface area contributed by atoms with Crippen LogP contribution in [-0.4, -0.2) is 39.5 Å². The number of ether oxygens (including phenoxy) is 1. The highest BCUT2D eigenvalue weighted by Crippen LogP contribution is 2.25. The standard InChI is InChI=1S/C14H22N2O3S/c1-11-6-13(15)8-14(7-11)20(17,18)16-5-3-4-12(9-16)10-19-2/h6-8,12H,3-5,9-10,15H2,1-2H3. The largest absolute Gasteiger partial charge is 0.399 e. The highest BCUT2D eigenvalue weighted by atomic mass is 32.2. The number of nitrogen functional groups attached to an aromatic ring is 1. The Bertz CT molecular complexity index is 550. The monoisotopic (exact) mass is 298 g/mol. The van der Waals surface area contributed by atoms with Gasteiger partial charge in [-0.1, -0.05) is 0 Å². The molecule has 0 bridgehead atoms. The zero-order valence-electron chi connectivity index (χ0n) is 12.0. The Balaban J connectivity index is 2.25. The minimum absolute atomic E-state index is 0.269. The minimum Gasteiger partial charge on any atom is -0.399 e. The van der Waals surface area contributed by atoms with Gasteiger partial charge in [0.15, 0.2) is 0 Å². The van der Waals surface area contributed by atoms with E-state index in [1.54, 1.807) is 23.5 Å². The molecule has 1 fully saturated rings. The van der Waals surface area contributed by atoms with Crippen LogP contribution in [0.25, 0.3) is 0 Å². The Kier molecular flexibility index (Phi) is 4.67. The summed E-state index contributed by atoms with van der Waals surface area (Å²) in [6, 6.07) is 4.97. The highest BCUT2D eigenvalue weighted by Gasteiger charge is 2.30. The van der Waals surface area contributed by atoms with Gasteiger partial charge in [0, 0.05) is 25.9 Å². The molecule has 0 radical (unpaired) electrons. The van der Waals surface area contributed by atoms with Gasteiger partial charge in [-0.05, 0) is 49.4 Å². The number of anilines is 1.